The van der Waals surface area contributed by atoms with Crippen LogP contribution in [-0.2, 0) is 9.53 Å². The van der Waals surface area contributed by atoms with E-state index in [9.17, 15) is 9.59 Å². The highest BCUT2D eigenvalue weighted by atomic mass is 16.5. The van der Waals surface area contributed by atoms with Crippen LogP contribution in [0, 0.1) is 17.2 Å². The van der Waals surface area contributed by atoms with Crippen LogP contribution in [0.5, 0.6) is 0 Å². The number of hydrogen-bond acceptors (Lipinski definition) is 4. The van der Waals surface area contributed by atoms with Crippen LogP contribution < -0.4 is 5.32 Å². The molecule has 0 aliphatic rings. The van der Waals surface area contributed by atoms with Crippen LogP contribution in [0.2, 0.25) is 0 Å². The Morgan fingerprint density at radius 1 is 1.42 bits per heavy atom. The molecule has 0 fully saturated rings. The summed E-state index contributed by atoms with van der Waals surface area (Å²) < 4.78 is 4.86. The standard InChI is InChI=1S/C14H16N2O3/c1-10(2)8-16-13(17)9-19-14(18)12-5-3-4-11(6-12)7-15/h3-6,10H,8-9H2,1-2H3,(H,16,17). The van der Waals surface area contributed by atoms with E-state index in [1.807, 2.05) is 19.9 Å². The zero-order valence-electron chi connectivity index (χ0n) is 11.0. The van der Waals surface area contributed by atoms with Gasteiger partial charge in [-0.05, 0) is 24.1 Å². The molecular weight excluding hydrogens is 244 g/mol. The van der Waals surface area contributed by atoms with Crippen molar-refractivity contribution >= 4 is 11.9 Å². The second-order valence-corrected chi connectivity index (χ2v) is 4.47. The minimum Gasteiger partial charge on any atom is -0.452 e. The summed E-state index contributed by atoms with van der Waals surface area (Å²) in [6.45, 7) is 4.17. The lowest BCUT2D eigenvalue weighted by molar-refractivity contribution is -0.124. The molecule has 0 bridgehead atoms. The molecule has 1 aromatic carbocycles. The summed E-state index contributed by atoms with van der Waals surface area (Å²) in [5.41, 5.74) is 0.634. The van der Waals surface area contributed by atoms with Gasteiger partial charge in [-0.15, -0.1) is 0 Å². The highest BCUT2D eigenvalue weighted by Gasteiger charge is 2.10. The fraction of sp³-hybridized carbons (Fsp3) is 0.357. The molecule has 0 aliphatic heterocycles. The number of ether oxygens (including phenoxy) is 1. The van der Waals surface area contributed by atoms with Gasteiger partial charge in [-0.25, -0.2) is 4.79 Å². The first-order valence-electron chi connectivity index (χ1n) is 5.97. The van der Waals surface area contributed by atoms with E-state index in [0.29, 0.717) is 18.0 Å². The zero-order chi connectivity index (χ0) is 14.3. The number of nitriles is 1. The molecule has 0 saturated carbocycles. The molecule has 1 N–H and O–H groups in total. The molecule has 19 heavy (non-hydrogen) atoms. The van der Waals surface area contributed by atoms with E-state index in [-0.39, 0.29) is 18.1 Å². The number of carbonyl (C=O) groups excluding carboxylic acids is 2. The molecule has 0 aliphatic carbocycles. The second kappa shape index (κ2) is 7.17. The fourth-order valence-electron chi connectivity index (χ4n) is 1.30. The normalized spacial score (nSPS) is 9.79. The lowest BCUT2D eigenvalue weighted by Gasteiger charge is -2.08. The van der Waals surface area contributed by atoms with E-state index in [0.717, 1.165) is 0 Å². The third-order valence-corrected chi connectivity index (χ3v) is 2.27. The molecule has 0 spiro atoms. The summed E-state index contributed by atoms with van der Waals surface area (Å²) in [6, 6.07) is 8.08. The summed E-state index contributed by atoms with van der Waals surface area (Å²) >= 11 is 0. The van der Waals surface area contributed by atoms with Crippen LogP contribution in [0.25, 0.3) is 0 Å². The Bertz CT molecular complexity index is 504. The summed E-state index contributed by atoms with van der Waals surface area (Å²) in [7, 11) is 0. The van der Waals surface area contributed by atoms with Gasteiger partial charge in [0.05, 0.1) is 17.2 Å². The van der Waals surface area contributed by atoms with Crippen molar-refractivity contribution in [2.45, 2.75) is 13.8 Å². The number of hydrogen-bond donors (Lipinski definition) is 1. The summed E-state index contributed by atoms with van der Waals surface area (Å²) in [4.78, 5) is 23.0. The van der Waals surface area contributed by atoms with Crippen LogP contribution in [0.1, 0.15) is 29.8 Å². The monoisotopic (exact) mass is 260 g/mol. The number of esters is 1. The zero-order valence-corrected chi connectivity index (χ0v) is 11.0. The number of nitrogens with zero attached hydrogens (tertiary/aromatic N) is 1. The molecule has 0 aromatic heterocycles. The summed E-state index contributed by atoms with van der Waals surface area (Å²) in [6.07, 6.45) is 0. The Labute approximate surface area is 112 Å². The van der Waals surface area contributed by atoms with Crippen LogP contribution in [-0.4, -0.2) is 25.0 Å². The van der Waals surface area contributed by atoms with Gasteiger partial charge < -0.3 is 10.1 Å². The third-order valence-electron chi connectivity index (χ3n) is 2.27. The maximum absolute atomic E-state index is 11.6. The molecule has 0 unspecified atom stereocenters. The van der Waals surface area contributed by atoms with Crippen molar-refractivity contribution in [2.24, 2.45) is 5.92 Å². The van der Waals surface area contributed by atoms with Gasteiger partial charge in [0.2, 0.25) is 0 Å². The SMILES string of the molecule is CC(C)CNC(=O)COC(=O)c1cccc(C#N)c1. The molecule has 0 heterocycles. The quantitative estimate of drug-likeness (QED) is 0.813. The van der Waals surface area contributed by atoms with Gasteiger partial charge >= 0.3 is 5.97 Å². The topological polar surface area (TPSA) is 79.2 Å². The Kier molecular flexibility index (Phi) is 5.55. The number of carbonyl (C=O) groups is 2. The molecule has 1 rings (SSSR count). The van der Waals surface area contributed by atoms with Gasteiger partial charge in [-0.1, -0.05) is 19.9 Å². The fourth-order valence-corrected chi connectivity index (χ4v) is 1.30. The highest BCUT2D eigenvalue weighted by molar-refractivity contribution is 5.91. The number of amides is 1. The van der Waals surface area contributed by atoms with E-state index in [1.54, 1.807) is 12.1 Å². The minimum absolute atomic E-state index is 0.260. The van der Waals surface area contributed by atoms with Crippen LogP contribution in [0.3, 0.4) is 0 Å². The minimum atomic E-state index is -0.614. The Hall–Kier alpha value is -2.35. The highest BCUT2D eigenvalue weighted by Crippen LogP contribution is 2.05. The number of nitrogens with one attached hydrogen (secondary N) is 1. The molecule has 0 radical (unpaired) electrons. The maximum atomic E-state index is 11.6. The van der Waals surface area contributed by atoms with Crippen molar-refractivity contribution in [1.82, 2.24) is 5.32 Å². The molecular formula is C14H16N2O3. The van der Waals surface area contributed by atoms with Gasteiger partial charge in [-0.3, -0.25) is 4.79 Å². The Morgan fingerprint density at radius 2 is 2.16 bits per heavy atom. The first kappa shape index (κ1) is 14.7. The average Bonchev–Trinajstić information content (AvgIpc) is 2.42. The molecule has 1 aromatic rings. The Morgan fingerprint density at radius 3 is 2.79 bits per heavy atom. The lowest BCUT2D eigenvalue weighted by Crippen LogP contribution is -2.31. The van der Waals surface area contributed by atoms with Crippen molar-refractivity contribution in [3.63, 3.8) is 0 Å². The molecule has 5 nitrogen and oxygen atoms in total. The van der Waals surface area contributed by atoms with Crippen LogP contribution in [0.4, 0.5) is 0 Å². The van der Waals surface area contributed by atoms with Crippen molar-refractivity contribution in [1.29, 1.82) is 5.26 Å². The van der Waals surface area contributed by atoms with E-state index >= 15 is 0 Å². The van der Waals surface area contributed by atoms with Gasteiger partial charge in [-0.2, -0.15) is 5.26 Å². The first-order chi connectivity index (χ1) is 9.02. The Balaban J connectivity index is 2.47. The lowest BCUT2D eigenvalue weighted by atomic mass is 10.1. The molecule has 5 heteroatoms. The molecule has 0 atom stereocenters. The van der Waals surface area contributed by atoms with E-state index in [4.69, 9.17) is 10.00 Å². The third kappa shape index (κ3) is 5.21. The first-order valence-corrected chi connectivity index (χ1v) is 5.97. The molecule has 1 amide bonds. The smallest absolute Gasteiger partial charge is 0.338 e. The number of benzene rings is 1. The second-order valence-electron chi connectivity index (χ2n) is 4.47. The van der Waals surface area contributed by atoms with Crippen molar-refractivity contribution in [3.05, 3.63) is 35.4 Å². The molecule has 0 saturated heterocycles. The van der Waals surface area contributed by atoms with Crippen LogP contribution >= 0.6 is 0 Å². The van der Waals surface area contributed by atoms with Gasteiger partial charge in [0.15, 0.2) is 6.61 Å². The van der Waals surface area contributed by atoms with E-state index in [2.05, 4.69) is 5.32 Å². The van der Waals surface area contributed by atoms with Crippen molar-refractivity contribution in [2.75, 3.05) is 13.2 Å². The van der Waals surface area contributed by atoms with Crippen molar-refractivity contribution in [3.8, 4) is 6.07 Å². The summed E-state index contributed by atoms with van der Waals surface area (Å²) in [5.74, 6) is -0.609. The van der Waals surface area contributed by atoms with E-state index in [1.165, 1.54) is 12.1 Å². The number of rotatable bonds is 5. The van der Waals surface area contributed by atoms with E-state index < -0.39 is 5.97 Å². The summed E-state index contributed by atoms with van der Waals surface area (Å²) in [5, 5.41) is 11.4. The van der Waals surface area contributed by atoms with Crippen LogP contribution in [0.15, 0.2) is 24.3 Å². The predicted molar refractivity (Wildman–Crippen MR) is 69.3 cm³/mol. The van der Waals surface area contributed by atoms with Crippen molar-refractivity contribution < 1.29 is 14.3 Å². The molecule has 100 valence electrons. The largest absolute Gasteiger partial charge is 0.452 e. The predicted octanol–water partition coefficient (Wildman–Crippen LogP) is 1.49. The van der Waals surface area contributed by atoms with Gasteiger partial charge in [0.25, 0.3) is 5.91 Å². The van der Waals surface area contributed by atoms with Gasteiger partial charge in [0.1, 0.15) is 0 Å². The average molecular weight is 260 g/mol. The van der Waals surface area contributed by atoms with Gasteiger partial charge in [0, 0.05) is 6.54 Å². The maximum Gasteiger partial charge on any atom is 0.338 e.